The molecule has 3 heterocycles. The van der Waals surface area contributed by atoms with Crippen molar-refractivity contribution in [1.82, 2.24) is 9.88 Å². The van der Waals surface area contributed by atoms with Gasteiger partial charge in [-0.2, -0.15) is 0 Å². The number of carbonyl (C=O) groups is 2. The lowest BCUT2D eigenvalue weighted by Crippen LogP contribution is -2.30. The molecule has 1 N–H and O–H groups in total. The van der Waals surface area contributed by atoms with Crippen LogP contribution in [0.1, 0.15) is 35.2 Å². The Morgan fingerprint density at radius 2 is 1.85 bits per heavy atom. The molecule has 0 unspecified atom stereocenters. The fraction of sp³-hybridized carbons (Fsp3) is 0.167. The quantitative estimate of drug-likeness (QED) is 0.436. The molecule has 0 spiro atoms. The molecule has 3 aliphatic rings. The Morgan fingerprint density at radius 1 is 1.05 bits per heavy atom. The van der Waals surface area contributed by atoms with E-state index in [4.69, 9.17) is 18.9 Å². The van der Waals surface area contributed by atoms with Gasteiger partial charge in [-0.15, -0.1) is 0 Å². The second kappa shape index (κ2) is 10.6. The molecule has 1 aromatic heterocycles. The van der Waals surface area contributed by atoms with Gasteiger partial charge in [-0.1, -0.05) is 23.8 Å². The number of allylic oxidation sites excluding steroid dienone is 4. The Bertz CT molecular complexity index is 1710. The molecule has 2 aliphatic heterocycles. The number of pyridine rings is 1. The van der Waals surface area contributed by atoms with Crippen LogP contribution in [-0.2, 0) is 20.8 Å². The van der Waals surface area contributed by atoms with Gasteiger partial charge < -0.3 is 23.5 Å². The number of benzene rings is 2. The van der Waals surface area contributed by atoms with Gasteiger partial charge in [-0.3, -0.25) is 19.7 Å². The number of ketones is 1. The van der Waals surface area contributed by atoms with E-state index in [0.717, 1.165) is 25.0 Å². The fourth-order valence-electron chi connectivity index (χ4n) is 4.68. The fourth-order valence-corrected chi connectivity index (χ4v) is 4.68. The van der Waals surface area contributed by atoms with E-state index in [1.54, 1.807) is 6.07 Å². The van der Waals surface area contributed by atoms with Crippen LogP contribution in [0.5, 0.6) is 11.5 Å². The number of nitrogens with zero attached hydrogens (tertiary/aromatic N) is 1. The zero-order chi connectivity index (χ0) is 27.6. The SMILES string of the molecule is O=C(Cn1cc(C(=O)c2ccc(F)cc2)c(=O)c2cc3c(cc21)OCO3)NC1=COC=C(CC2=CC=CCC2)O1. The van der Waals surface area contributed by atoms with Gasteiger partial charge in [0.05, 0.1) is 16.5 Å². The summed E-state index contributed by atoms with van der Waals surface area (Å²) in [5, 5.41) is 2.84. The van der Waals surface area contributed by atoms with Crippen LogP contribution < -0.4 is 20.2 Å². The molecule has 0 radical (unpaired) electrons. The highest BCUT2D eigenvalue weighted by atomic mass is 19.1. The van der Waals surface area contributed by atoms with Gasteiger partial charge in [0.15, 0.2) is 23.5 Å². The number of ether oxygens (including phenoxy) is 4. The molecule has 40 heavy (non-hydrogen) atoms. The second-order valence-electron chi connectivity index (χ2n) is 9.38. The number of aromatic nitrogens is 1. The van der Waals surface area contributed by atoms with E-state index in [9.17, 15) is 18.8 Å². The minimum Gasteiger partial charge on any atom is -0.464 e. The standard InChI is InChI=1S/C30H23FN2O7/c31-20-8-6-19(7-9-20)29(35)23-13-33(24-12-26-25(38-17-39-26)11-22(24)30(23)36)14-27(34)32-28-16-37-15-21(40-28)10-18-4-2-1-3-5-18/h1-2,4,6-9,11-13,15-16H,3,5,10,14,17H2,(H,32,34). The summed E-state index contributed by atoms with van der Waals surface area (Å²) >= 11 is 0. The summed E-state index contributed by atoms with van der Waals surface area (Å²) in [6.45, 7) is -0.286. The second-order valence-corrected chi connectivity index (χ2v) is 9.38. The number of carbonyl (C=O) groups excluding carboxylic acids is 2. The summed E-state index contributed by atoms with van der Waals surface area (Å²) in [6.07, 6.45) is 12.6. The zero-order valence-corrected chi connectivity index (χ0v) is 21.1. The predicted molar refractivity (Wildman–Crippen MR) is 142 cm³/mol. The molecular weight excluding hydrogens is 519 g/mol. The number of fused-ring (bicyclic) bond motifs is 2. The largest absolute Gasteiger partial charge is 0.464 e. The highest BCUT2D eigenvalue weighted by Crippen LogP contribution is 2.35. The minimum atomic E-state index is -0.605. The maximum Gasteiger partial charge on any atom is 0.246 e. The van der Waals surface area contributed by atoms with Crippen LogP contribution in [0.4, 0.5) is 4.39 Å². The molecule has 2 aromatic carbocycles. The van der Waals surface area contributed by atoms with Crippen LogP contribution in [0.2, 0.25) is 0 Å². The number of halogens is 1. The Hall–Kier alpha value is -5.12. The molecular formula is C30H23FN2O7. The highest BCUT2D eigenvalue weighted by molar-refractivity contribution is 6.10. The summed E-state index contributed by atoms with van der Waals surface area (Å²) in [4.78, 5) is 39.8. The number of amides is 1. The Balaban J connectivity index is 1.27. The van der Waals surface area contributed by atoms with E-state index in [1.807, 2.05) is 12.2 Å². The first kappa shape index (κ1) is 25.2. The van der Waals surface area contributed by atoms with E-state index in [-0.39, 0.29) is 35.7 Å². The lowest BCUT2D eigenvalue weighted by Gasteiger charge is -2.19. The smallest absolute Gasteiger partial charge is 0.246 e. The molecule has 6 rings (SSSR count). The Kier molecular flexibility index (Phi) is 6.65. The van der Waals surface area contributed by atoms with Crippen LogP contribution >= 0.6 is 0 Å². The van der Waals surface area contributed by atoms with E-state index in [1.165, 1.54) is 47.1 Å². The molecule has 0 saturated heterocycles. The first-order chi connectivity index (χ1) is 19.4. The van der Waals surface area contributed by atoms with E-state index >= 15 is 0 Å². The van der Waals surface area contributed by atoms with E-state index in [0.29, 0.717) is 29.2 Å². The van der Waals surface area contributed by atoms with Gasteiger partial charge in [0.1, 0.15) is 24.4 Å². The van der Waals surface area contributed by atoms with Gasteiger partial charge >= 0.3 is 0 Å². The van der Waals surface area contributed by atoms with Crippen molar-refractivity contribution in [2.24, 2.45) is 0 Å². The third kappa shape index (κ3) is 5.11. The summed E-state index contributed by atoms with van der Waals surface area (Å²) in [6, 6.07) is 7.96. The van der Waals surface area contributed by atoms with Crippen molar-refractivity contribution in [2.75, 3.05) is 6.79 Å². The molecule has 10 heteroatoms. The van der Waals surface area contributed by atoms with Crippen molar-refractivity contribution in [1.29, 1.82) is 0 Å². The molecule has 0 bridgehead atoms. The molecule has 1 amide bonds. The van der Waals surface area contributed by atoms with Crippen molar-refractivity contribution >= 4 is 22.6 Å². The normalized spacial score (nSPS) is 15.5. The van der Waals surface area contributed by atoms with Crippen LogP contribution in [-0.4, -0.2) is 23.1 Å². The summed E-state index contributed by atoms with van der Waals surface area (Å²) < 4.78 is 37.0. The van der Waals surface area contributed by atoms with Gasteiger partial charge in [0.2, 0.25) is 24.0 Å². The van der Waals surface area contributed by atoms with Crippen LogP contribution in [0.25, 0.3) is 10.9 Å². The maximum absolute atomic E-state index is 13.4. The highest BCUT2D eigenvalue weighted by Gasteiger charge is 2.23. The van der Waals surface area contributed by atoms with Crippen molar-refractivity contribution in [3.63, 3.8) is 0 Å². The molecule has 3 aromatic rings. The zero-order valence-electron chi connectivity index (χ0n) is 21.1. The first-order valence-electron chi connectivity index (χ1n) is 12.6. The van der Waals surface area contributed by atoms with Crippen molar-refractivity contribution in [3.8, 4) is 11.5 Å². The number of hydrogen-bond acceptors (Lipinski definition) is 7. The van der Waals surface area contributed by atoms with Crippen LogP contribution in [0, 0.1) is 5.82 Å². The third-order valence-electron chi connectivity index (χ3n) is 6.62. The molecule has 0 fully saturated rings. The molecule has 0 atom stereocenters. The maximum atomic E-state index is 13.4. The van der Waals surface area contributed by atoms with Gasteiger partial charge in [-0.05, 0) is 43.2 Å². The van der Waals surface area contributed by atoms with E-state index < -0.39 is 22.9 Å². The molecule has 1 aliphatic carbocycles. The molecule has 0 saturated carbocycles. The monoisotopic (exact) mass is 542 g/mol. The Morgan fingerprint density at radius 3 is 2.62 bits per heavy atom. The third-order valence-corrected chi connectivity index (χ3v) is 6.62. The Labute approximate surface area is 227 Å². The van der Waals surface area contributed by atoms with Gasteiger partial charge in [-0.25, -0.2) is 4.39 Å². The number of rotatable bonds is 7. The predicted octanol–water partition coefficient (Wildman–Crippen LogP) is 4.57. The van der Waals surface area contributed by atoms with Crippen molar-refractivity contribution in [3.05, 3.63) is 118 Å². The molecule has 202 valence electrons. The van der Waals surface area contributed by atoms with Crippen LogP contribution in [0.15, 0.2) is 95.4 Å². The summed E-state index contributed by atoms with van der Waals surface area (Å²) in [5.41, 5.74) is 0.958. The van der Waals surface area contributed by atoms with Gasteiger partial charge in [0, 0.05) is 24.2 Å². The summed E-state index contributed by atoms with van der Waals surface area (Å²) in [7, 11) is 0. The number of hydrogen-bond donors (Lipinski definition) is 1. The average molecular weight is 543 g/mol. The molecule has 9 nitrogen and oxygen atoms in total. The summed E-state index contributed by atoms with van der Waals surface area (Å²) in [5.74, 6) is -0.177. The van der Waals surface area contributed by atoms with E-state index in [2.05, 4.69) is 11.4 Å². The topological polar surface area (TPSA) is 105 Å². The van der Waals surface area contributed by atoms with Gasteiger partial charge in [0.25, 0.3) is 0 Å². The van der Waals surface area contributed by atoms with Crippen molar-refractivity contribution < 1.29 is 32.9 Å². The lowest BCUT2D eigenvalue weighted by molar-refractivity contribution is -0.121. The first-order valence-corrected chi connectivity index (χ1v) is 12.6. The average Bonchev–Trinajstić information content (AvgIpc) is 3.42. The lowest BCUT2D eigenvalue weighted by atomic mass is 10.0. The van der Waals surface area contributed by atoms with Crippen LogP contribution in [0.3, 0.4) is 0 Å². The van der Waals surface area contributed by atoms with Crippen molar-refractivity contribution in [2.45, 2.75) is 25.8 Å². The number of nitrogens with one attached hydrogen (secondary N) is 1. The minimum absolute atomic E-state index is 0.0176.